The molecule has 0 saturated heterocycles. The first-order chi connectivity index (χ1) is 19.0. The minimum absolute atomic E-state index is 0.0343. The fourth-order valence-corrected chi connectivity index (χ4v) is 2.92. The van der Waals surface area contributed by atoms with Crippen molar-refractivity contribution >= 4 is 17.8 Å². The third kappa shape index (κ3) is 9.85. The minimum Gasteiger partial charge on any atom is -0.476 e. The third-order valence-electron chi connectivity index (χ3n) is 5.02. The van der Waals surface area contributed by atoms with Crippen LogP contribution in [0.15, 0.2) is 69.0 Å². The summed E-state index contributed by atoms with van der Waals surface area (Å²) in [6, 6.07) is 11.4. The monoisotopic (exact) mass is 561 g/mol. The van der Waals surface area contributed by atoms with Crippen molar-refractivity contribution in [3.05, 3.63) is 103 Å². The molecule has 216 valence electrons. The topological polar surface area (TPSA) is 222 Å². The normalized spacial score (nSPS) is 9.75. The van der Waals surface area contributed by atoms with E-state index in [4.69, 9.17) is 15.5 Å². The lowest BCUT2D eigenvalue weighted by Crippen LogP contribution is -2.31. The van der Waals surface area contributed by atoms with Gasteiger partial charge in [-0.15, -0.1) is 14.2 Å². The number of hydrogen-bond donors (Lipinski definition) is 6. The van der Waals surface area contributed by atoms with E-state index in [-0.39, 0.29) is 16.1 Å². The molecule has 0 saturated carbocycles. The summed E-state index contributed by atoms with van der Waals surface area (Å²) >= 11 is 0. The summed E-state index contributed by atoms with van der Waals surface area (Å²) in [6.45, 7) is 2.68. The Bertz CT molecular complexity index is 1480. The Morgan fingerprint density at radius 2 is 1.10 bits per heavy atom. The van der Waals surface area contributed by atoms with E-state index in [9.17, 15) is 34.0 Å². The molecule has 15 nitrogen and oxygen atoms in total. The SMILES string of the molecule is CCCCCCNC(=O)c1cccc(=O)n1O.CNC(=O)c1cccc(=O)n1O.O=C(O)c1cccc(=O)n1O. The summed E-state index contributed by atoms with van der Waals surface area (Å²) in [5, 5.41) is 40.5. The van der Waals surface area contributed by atoms with Crippen molar-refractivity contribution in [3.63, 3.8) is 0 Å². The summed E-state index contributed by atoms with van der Waals surface area (Å²) < 4.78 is 0.753. The fraction of sp³-hybridized carbons (Fsp3) is 0.280. The van der Waals surface area contributed by atoms with Crippen LogP contribution in [0.5, 0.6) is 0 Å². The van der Waals surface area contributed by atoms with Gasteiger partial charge in [0, 0.05) is 31.8 Å². The van der Waals surface area contributed by atoms with Crippen LogP contribution in [-0.4, -0.2) is 66.3 Å². The lowest BCUT2D eigenvalue weighted by atomic mass is 10.2. The molecule has 0 bridgehead atoms. The van der Waals surface area contributed by atoms with Crippen molar-refractivity contribution in [1.82, 2.24) is 24.8 Å². The molecule has 0 aliphatic rings. The largest absolute Gasteiger partial charge is 0.476 e. The Morgan fingerprint density at radius 1 is 0.675 bits per heavy atom. The van der Waals surface area contributed by atoms with Crippen molar-refractivity contribution in [3.8, 4) is 0 Å². The molecule has 0 aliphatic heterocycles. The summed E-state index contributed by atoms with van der Waals surface area (Å²) in [5.74, 6) is -2.28. The molecule has 40 heavy (non-hydrogen) atoms. The minimum atomic E-state index is -1.34. The number of nitrogens with zero attached hydrogens (tertiary/aromatic N) is 3. The van der Waals surface area contributed by atoms with Gasteiger partial charge in [-0.2, -0.15) is 0 Å². The van der Waals surface area contributed by atoms with Crippen LogP contribution < -0.4 is 27.3 Å². The Labute approximate surface area is 227 Å². The number of pyridine rings is 3. The zero-order valence-corrected chi connectivity index (χ0v) is 21.8. The number of carbonyl (C=O) groups is 3. The first kappa shape index (κ1) is 32.7. The van der Waals surface area contributed by atoms with Crippen LogP contribution in [0.3, 0.4) is 0 Å². The number of aromatic nitrogens is 3. The molecule has 3 heterocycles. The number of carbonyl (C=O) groups excluding carboxylic acids is 2. The van der Waals surface area contributed by atoms with E-state index in [0.29, 0.717) is 16.0 Å². The number of nitrogens with one attached hydrogen (secondary N) is 2. The van der Waals surface area contributed by atoms with E-state index >= 15 is 0 Å². The van der Waals surface area contributed by atoms with Crippen LogP contribution in [0.1, 0.15) is 64.1 Å². The maximum absolute atomic E-state index is 11.6. The van der Waals surface area contributed by atoms with Gasteiger partial charge >= 0.3 is 5.97 Å². The molecule has 0 atom stereocenters. The standard InChI is InChI=1S/C12H18N2O3.C7H8N2O3.C6H5NO4/c1-2-3-4-5-9-13-12(16)10-7-6-8-11(15)14(10)17;1-8-7(11)5-3-2-4-6(10)9(5)12;8-5-3-1-2-4(6(9)10)7(5)11/h6-8,17H,2-5,9H2,1H3,(H,13,16);2-4,12H,1H3,(H,8,11);1-3,11H,(H,9,10). The molecule has 0 aromatic carbocycles. The fourth-order valence-electron chi connectivity index (χ4n) is 2.92. The molecule has 0 fully saturated rings. The van der Waals surface area contributed by atoms with Crippen molar-refractivity contribution in [2.24, 2.45) is 0 Å². The van der Waals surface area contributed by atoms with Crippen molar-refractivity contribution in [1.29, 1.82) is 0 Å². The molecule has 2 amide bonds. The van der Waals surface area contributed by atoms with Crippen LogP contribution in [0.25, 0.3) is 0 Å². The maximum atomic E-state index is 11.6. The van der Waals surface area contributed by atoms with Crippen LogP contribution >= 0.6 is 0 Å². The third-order valence-corrected chi connectivity index (χ3v) is 5.02. The van der Waals surface area contributed by atoms with Gasteiger partial charge in [-0.1, -0.05) is 44.4 Å². The number of carboxylic acid groups (broad SMARTS) is 1. The highest BCUT2D eigenvalue weighted by Gasteiger charge is 2.11. The first-order valence-corrected chi connectivity index (χ1v) is 11.9. The van der Waals surface area contributed by atoms with Gasteiger partial charge in [0.15, 0.2) is 5.69 Å². The van der Waals surface area contributed by atoms with Crippen LogP contribution in [-0.2, 0) is 0 Å². The van der Waals surface area contributed by atoms with Gasteiger partial charge in [0.05, 0.1) is 0 Å². The maximum Gasteiger partial charge on any atom is 0.356 e. The Kier molecular flexibility index (Phi) is 13.5. The summed E-state index contributed by atoms with van der Waals surface area (Å²) in [6.07, 6.45) is 4.26. The van der Waals surface area contributed by atoms with Gasteiger partial charge in [0.1, 0.15) is 11.4 Å². The average molecular weight is 562 g/mol. The molecule has 0 aliphatic carbocycles. The average Bonchev–Trinajstić information content (AvgIpc) is 2.93. The number of rotatable bonds is 8. The molecule has 3 rings (SSSR count). The summed E-state index contributed by atoms with van der Waals surface area (Å²) in [4.78, 5) is 65.3. The van der Waals surface area contributed by atoms with E-state index in [1.165, 1.54) is 43.4 Å². The second-order valence-electron chi connectivity index (χ2n) is 7.88. The van der Waals surface area contributed by atoms with E-state index in [0.717, 1.165) is 43.9 Å². The van der Waals surface area contributed by atoms with E-state index in [1.54, 1.807) is 0 Å². The Balaban J connectivity index is 0.000000309. The predicted molar refractivity (Wildman–Crippen MR) is 140 cm³/mol. The molecule has 15 heteroatoms. The second kappa shape index (κ2) is 16.5. The van der Waals surface area contributed by atoms with Gasteiger partial charge < -0.3 is 31.4 Å². The van der Waals surface area contributed by atoms with Crippen LogP contribution in [0.4, 0.5) is 0 Å². The molecule has 6 N–H and O–H groups in total. The van der Waals surface area contributed by atoms with Crippen LogP contribution in [0.2, 0.25) is 0 Å². The molecule has 0 spiro atoms. The highest BCUT2D eigenvalue weighted by Crippen LogP contribution is 1.99. The predicted octanol–water partition coefficient (Wildman–Crippen LogP) is 0.625. The molecule has 0 radical (unpaired) electrons. The first-order valence-electron chi connectivity index (χ1n) is 11.9. The van der Waals surface area contributed by atoms with Crippen molar-refractivity contribution in [2.45, 2.75) is 32.6 Å². The van der Waals surface area contributed by atoms with Gasteiger partial charge in [0.25, 0.3) is 28.5 Å². The Hall–Kier alpha value is -5.34. The summed E-state index contributed by atoms with van der Waals surface area (Å²) in [5.41, 5.74) is -2.56. The van der Waals surface area contributed by atoms with Gasteiger partial charge in [0.2, 0.25) is 0 Å². The van der Waals surface area contributed by atoms with E-state index in [1.807, 2.05) is 0 Å². The zero-order chi connectivity index (χ0) is 30.2. The van der Waals surface area contributed by atoms with Crippen molar-refractivity contribution < 1.29 is 35.1 Å². The number of aromatic carboxylic acids is 1. The van der Waals surface area contributed by atoms with E-state index in [2.05, 4.69) is 17.6 Å². The molecule has 3 aromatic heterocycles. The lowest BCUT2D eigenvalue weighted by molar-refractivity contribution is 0.0633. The smallest absolute Gasteiger partial charge is 0.356 e. The lowest BCUT2D eigenvalue weighted by Gasteiger charge is -2.07. The number of hydrogen-bond acceptors (Lipinski definition) is 9. The quantitative estimate of drug-likeness (QED) is 0.166. The number of amides is 2. The molecule has 0 unspecified atom stereocenters. The second-order valence-corrected chi connectivity index (χ2v) is 7.88. The zero-order valence-electron chi connectivity index (χ0n) is 21.8. The van der Waals surface area contributed by atoms with Crippen LogP contribution in [0, 0.1) is 0 Å². The Morgan fingerprint density at radius 3 is 1.50 bits per heavy atom. The molecular formula is C25H31N5O10. The van der Waals surface area contributed by atoms with E-state index < -0.39 is 40.2 Å². The molecular weight excluding hydrogens is 530 g/mol. The highest BCUT2D eigenvalue weighted by molar-refractivity contribution is 5.92. The highest BCUT2D eigenvalue weighted by atomic mass is 16.5. The number of unbranched alkanes of at least 4 members (excludes halogenated alkanes) is 3. The summed E-state index contributed by atoms with van der Waals surface area (Å²) in [7, 11) is 1.42. The van der Waals surface area contributed by atoms with Gasteiger partial charge in [-0.25, -0.2) is 4.79 Å². The molecule has 3 aromatic rings. The van der Waals surface area contributed by atoms with Crippen molar-refractivity contribution in [2.75, 3.05) is 13.6 Å². The number of carboxylic acids is 1. The van der Waals surface area contributed by atoms with Gasteiger partial charge in [-0.05, 0) is 24.6 Å². The van der Waals surface area contributed by atoms with Gasteiger partial charge in [-0.3, -0.25) is 24.0 Å².